The van der Waals surface area contributed by atoms with Crippen molar-refractivity contribution in [2.75, 3.05) is 0 Å². The first-order valence-corrected chi connectivity index (χ1v) is 21.3. The Kier molecular flexibility index (Phi) is 7.80. The molecule has 6 heteroatoms. The molecule has 6 nitrogen and oxygen atoms in total. The van der Waals surface area contributed by atoms with E-state index in [9.17, 15) is 0 Å². The van der Waals surface area contributed by atoms with Gasteiger partial charge in [0, 0.05) is 66.1 Å². The Hall–Kier alpha value is -8.61. The number of hydrogen-bond donors (Lipinski definition) is 0. The van der Waals surface area contributed by atoms with Crippen molar-refractivity contribution in [1.82, 2.24) is 28.7 Å². The van der Waals surface area contributed by atoms with Crippen LogP contribution in [0.15, 0.2) is 218 Å². The largest absolute Gasteiger partial charge is 0.309 e. The van der Waals surface area contributed by atoms with E-state index in [2.05, 4.69) is 171 Å². The van der Waals surface area contributed by atoms with Crippen molar-refractivity contribution < 1.29 is 0 Å². The van der Waals surface area contributed by atoms with Crippen LogP contribution in [0.1, 0.15) is 0 Å². The lowest BCUT2D eigenvalue weighted by Crippen LogP contribution is -2.01. The van der Waals surface area contributed by atoms with E-state index >= 15 is 0 Å². The van der Waals surface area contributed by atoms with E-state index in [-0.39, 0.29) is 0 Å². The highest BCUT2D eigenvalue weighted by Crippen LogP contribution is 2.46. The van der Waals surface area contributed by atoms with Crippen LogP contribution >= 0.6 is 0 Å². The van der Waals surface area contributed by atoms with Gasteiger partial charge in [-0.2, -0.15) is 0 Å². The van der Waals surface area contributed by atoms with Gasteiger partial charge in [0.1, 0.15) is 0 Å². The summed E-state index contributed by atoms with van der Waals surface area (Å²) in [6, 6.07) is 77.3. The van der Waals surface area contributed by atoms with Gasteiger partial charge in [-0.15, -0.1) is 0 Å². The van der Waals surface area contributed by atoms with E-state index in [1.807, 2.05) is 60.7 Å². The number of benzene rings is 9. The monoisotopic (exact) mass is 804 g/mol. The molecule has 0 bridgehead atoms. The number of rotatable bonds is 6. The zero-order valence-corrected chi connectivity index (χ0v) is 34.0. The molecule has 0 aliphatic carbocycles. The summed E-state index contributed by atoms with van der Waals surface area (Å²) in [6.45, 7) is 0. The second-order valence-corrected chi connectivity index (χ2v) is 16.0. The van der Waals surface area contributed by atoms with Crippen LogP contribution in [-0.2, 0) is 0 Å². The minimum absolute atomic E-state index is 0.621. The van der Waals surface area contributed by atoms with Crippen molar-refractivity contribution >= 4 is 65.4 Å². The molecule has 0 atom stereocenters. The number of para-hydroxylation sites is 4. The first-order chi connectivity index (χ1) is 31.3. The predicted molar refractivity (Wildman–Crippen MR) is 259 cm³/mol. The van der Waals surface area contributed by atoms with Gasteiger partial charge in [-0.05, 0) is 60.7 Å². The van der Waals surface area contributed by atoms with Gasteiger partial charge in [0.05, 0.1) is 33.1 Å². The van der Waals surface area contributed by atoms with Gasteiger partial charge in [-0.25, -0.2) is 15.0 Å². The minimum atomic E-state index is 0.621. The molecule has 4 aromatic heterocycles. The third kappa shape index (κ3) is 5.41. The van der Waals surface area contributed by atoms with Crippen LogP contribution in [-0.4, -0.2) is 28.7 Å². The molecule has 13 aromatic rings. The molecule has 13 rings (SSSR count). The van der Waals surface area contributed by atoms with Crippen molar-refractivity contribution in [3.63, 3.8) is 0 Å². The summed E-state index contributed by atoms with van der Waals surface area (Å²) in [5, 5.41) is 7.27. The number of hydrogen-bond acceptors (Lipinski definition) is 3. The average Bonchev–Trinajstić information content (AvgIpc) is 4.01. The summed E-state index contributed by atoms with van der Waals surface area (Å²) in [4.78, 5) is 15.1. The Morgan fingerprint density at radius 1 is 0.254 bits per heavy atom. The van der Waals surface area contributed by atoms with Crippen LogP contribution in [0.5, 0.6) is 0 Å². The molecule has 0 amide bonds. The van der Waals surface area contributed by atoms with Crippen LogP contribution in [0.2, 0.25) is 0 Å². The summed E-state index contributed by atoms with van der Waals surface area (Å²) < 4.78 is 7.32. The fourth-order valence-electron chi connectivity index (χ4n) is 9.79. The highest BCUT2D eigenvalue weighted by Gasteiger charge is 2.25. The van der Waals surface area contributed by atoms with Gasteiger partial charge in [-0.1, -0.05) is 158 Å². The van der Waals surface area contributed by atoms with Gasteiger partial charge < -0.3 is 13.7 Å². The molecule has 0 spiro atoms. The molecule has 0 saturated carbocycles. The topological polar surface area (TPSA) is 53.5 Å². The van der Waals surface area contributed by atoms with E-state index < -0.39 is 0 Å². The average molecular weight is 805 g/mol. The number of nitrogens with zero attached hydrogens (tertiary/aromatic N) is 6. The van der Waals surface area contributed by atoms with E-state index in [1.54, 1.807) is 0 Å². The van der Waals surface area contributed by atoms with E-state index in [1.165, 1.54) is 54.4 Å². The zero-order chi connectivity index (χ0) is 41.4. The van der Waals surface area contributed by atoms with Crippen molar-refractivity contribution in [3.8, 4) is 51.2 Å². The van der Waals surface area contributed by atoms with Crippen molar-refractivity contribution in [3.05, 3.63) is 218 Å². The Bertz CT molecular complexity index is 3830. The van der Waals surface area contributed by atoms with Crippen LogP contribution in [0.3, 0.4) is 0 Å². The summed E-state index contributed by atoms with van der Waals surface area (Å²) in [5.74, 6) is 1.90. The molecule has 0 aliphatic heterocycles. The van der Waals surface area contributed by atoms with Gasteiger partial charge in [0.25, 0.3) is 0 Å². The zero-order valence-electron chi connectivity index (χ0n) is 34.0. The lowest BCUT2D eigenvalue weighted by atomic mass is 10.1. The van der Waals surface area contributed by atoms with Crippen LogP contribution in [0.25, 0.3) is 117 Å². The highest BCUT2D eigenvalue weighted by molar-refractivity contribution is 6.31. The molecule has 63 heavy (non-hydrogen) atoms. The third-order valence-electron chi connectivity index (χ3n) is 12.5. The van der Waals surface area contributed by atoms with Gasteiger partial charge in [0.15, 0.2) is 17.5 Å². The van der Waals surface area contributed by atoms with Gasteiger partial charge in [0.2, 0.25) is 0 Å². The molecule has 4 heterocycles. The highest BCUT2D eigenvalue weighted by atomic mass is 15.0. The molecule has 0 radical (unpaired) electrons. The van der Waals surface area contributed by atoms with Crippen molar-refractivity contribution in [2.24, 2.45) is 0 Å². The maximum absolute atomic E-state index is 5.09. The molecule has 0 N–H and O–H groups in total. The Labute approximate surface area is 362 Å². The quantitative estimate of drug-likeness (QED) is 0.168. The van der Waals surface area contributed by atoms with Crippen LogP contribution in [0, 0.1) is 0 Å². The summed E-state index contributed by atoms with van der Waals surface area (Å²) in [7, 11) is 0. The number of aromatic nitrogens is 6. The molecule has 0 unspecified atom stereocenters. The SMILES string of the molecule is c1ccc(-c2nc(-c3ccccc3)nc(-c3cccc(-n4c5ccccc5c5c4ccc4c6ccc7c(c8ccccc8n7-c7ccccc7)c6n(-c6ccccc6)c45)c3)n2)cc1. The third-order valence-corrected chi connectivity index (χ3v) is 12.5. The van der Waals surface area contributed by atoms with Crippen molar-refractivity contribution in [1.29, 1.82) is 0 Å². The molecular formula is C57H36N6. The fourth-order valence-corrected chi connectivity index (χ4v) is 9.79. The van der Waals surface area contributed by atoms with Gasteiger partial charge >= 0.3 is 0 Å². The summed E-state index contributed by atoms with van der Waals surface area (Å²) >= 11 is 0. The van der Waals surface area contributed by atoms with E-state index in [0.717, 1.165) is 44.8 Å². The second kappa shape index (κ2) is 14.0. The molecule has 9 aromatic carbocycles. The van der Waals surface area contributed by atoms with E-state index in [0.29, 0.717) is 17.5 Å². The van der Waals surface area contributed by atoms with Crippen molar-refractivity contribution in [2.45, 2.75) is 0 Å². The molecule has 0 fully saturated rings. The van der Waals surface area contributed by atoms with Crippen LogP contribution < -0.4 is 0 Å². The smallest absolute Gasteiger partial charge is 0.164 e. The van der Waals surface area contributed by atoms with Gasteiger partial charge in [-0.3, -0.25) is 0 Å². The molecular weight excluding hydrogens is 769 g/mol. The Balaban J connectivity index is 1.10. The maximum atomic E-state index is 5.09. The van der Waals surface area contributed by atoms with Crippen LogP contribution in [0.4, 0.5) is 0 Å². The summed E-state index contributed by atoms with van der Waals surface area (Å²) in [5.41, 5.74) is 13.1. The Morgan fingerprint density at radius 3 is 1.14 bits per heavy atom. The number of fused-ring (bicyclic) bond motifs is 11. The first kappa shape index (κ1) is 35.2. The molecule has 0 saturated heterocycles. The minimum Gasteiger partial charge on any atom is -0.309 e. The normalized spacial score (nSPS) is 11.8. The lowest BCUT2D eigenvalue weighted by Gasteiger charge is -2.12. The second-order valence-electron chi connectivity index (χ2n) is 16.0. The lowest BCUT2D eigenvalue weighted by molar-refractivity contribution is 1.07. The first-order valence-electron chi connectivity index (χ1n) is 21.3. The predicted octanol–water partition coefficient (Wildman–Crippen LogP) is 14.2. The standard InChI is InChI=1S/C57H36N6/c1-5-18-37(19-6-1)55-58-56(38-20-7-2-8-21-38)60-57(59-55)39-22-17-27-42(36-39)62-48-31-16-14-29-46(48)52-50(62)35-33-44-43-32-34-49-51(53(43)63(54(44)52)41-25-11-4-12-26-41)45-28-13-15-30-47(45)61(49)40-23-9-3-10-24-40/h1-36H. The maximum Gasteiger partial charge on any atom is 0.164 e. The molecule has 294 valence electrons. The Morgan fingerprint density at radius 2 is 0.635 bits per heavy atom. The van der Waals surface area contributed by atoms with E-state index in [4.69, 9.17) is 15.0 Å². The fraction of sp³-hybridized carbons (Fsp3) is 0. The summed E-state index contributed by atoms with van der Waals surface area (Å²) in [6.07, 6.45) is 0. The molecule has 0 aliphatic rings.